The van der Waals surface area contributed by atoms with Crippen LogP contribution in [-0.4, -0.2) is 17.3 Å². The quantitative estimate of drug-likeness (QED) is 0.675. The lowest BCUT2D eigenvalue weighted by Gasteiger charge is -2.19. The minimum atomic E-state index is 0.507. The van der Waals surface area contributed by atoms with Crippen molar-refractivity contribution in [1.82, 2.24) is 4.57 Å². The fourth-order valence-electron chi connectivity index (χ4n) is 2.36. The number of hydrogen-bond donors (Lipinski definition) is 0. The maximum absolute atomic E-state index is 5.79. The van der Waals surface area contributed by atoms with E-state index in [2.05, 4.69) is 29.1 Å². The molecule has 13 heavy (non-hydrogen) atoms. The molecule has 2 heterocycles. The van der Waals surface area contributed by atoms with Gasteiger partial charge in [0.15, 0.2) is 0 Å². The first-order chi connectivity index (χ1) is 6.45. The van der Waals surface area contributed by atoms with Crippen LogP contribution in [0.1, 0.15) is 25.3 Å². The molecule has 1 saturated heterocycles. The molecule has 0 aromatic carbocycles. The first-order valence-corrected chi connectivity index (χ1v) is 5.19. The molecule has 0 bridgehead atoms. The molecule has 0 radical (unpaired) electrons. The van der Waals surface area contributed by atoms with E-state index < -0.39 is 0 Å². The van der Waals surface area contributed by atoms with Crippen molar-refractivity contribution in [3.8, 4) is 0 Å². The van der Waals surface area contributed by atoms with E-state index in [1.165, 1.54) is 19.3 Å². The van der Waals surface area contributed by atoms with Gasteiger partial charge in [-0.3, -0.25) is 0 Å². The molecule has 0 spiro atoms. The summed E-state index contributed by atoms with van der Waals surface area (Å²) >= 11 is 0. The number of hydrogen-bond acceptors (Lipinski definition) is 1. The van der Waals surface area contributed by atoms with Gasteiger partial charge in [0, 0.05) is 19.0 Å². The van der Waals surface area contributed by atoms with E-state index in [0.29, 0.717) is 12.1 Å². The zero-order valence-electron chi connectivity index (χ0n) is 7.73. The van der Waals surface area contributed by atoms with Crippen molar-refractivity contribution in [3.05, 3.63) is 24.5 Å². The first kappa shape index (κ1) is 7.63. The summed E-state index contributed by atoms with van der Waals surface area (Å²) in [5.74, 6) is 0.856. The van der Waals surface area contributed by atoms with Crippen LogP contribution in [0.15, 0.2) is 24.5 Å². The molecule has 1 aromatic rings. The van der Waals surface area contributed by atoms with Crippen LogP contribution in [0.3, 0.4) is 0 Å². The van der Waals surface area contributed by atoms with Gasteiger partial charge in [0.25, 0.3) is 0 Å². The Balaban J connectivity index is 1.81. The summed E-state index contributed by atoms with van der Waals surface area (Å²) in [4.78, 5) is 0. The summed E-state index contributed by atoms with van der Waals surface area (Å²) in [6.07, 6.45) is 8.77. The van der Waals surface area contributed by atoms with Crippen molar-refractivity contribution >= 4 is 0 Å². The largest absolute Gasteiger partial charge is 0.376 e. The van der Waals surface area contributed by atoms with Crippen LogP contribution in [0.4, 0.5) is 0 Å². The summed E-state index contributed by atoms with van der Waals surface area (Å²) in [6.45, 7) is 0.948. The van der Waals surface area contributed by atoms with Crippen molar-refractivity contribution < 1.29 is 4.74 Å². The molecular weight excluding hydrogens is 162 g/mol. The topological polar surface area (TPSA) is 14.2 Å². The zero-order valence-corrected chi connectivity index (χ0v) is 7.73. The predicted octanol–water partition coefficient (Wildman–Crippen LogP) is 2.23. The van der Waals surface area contributed by atoms with Crippen LogP contribution in [0.5, 0.6) is 0 Å². The predicted molar refractivity (Wildman–Crippen MR) is 50.6 cm³/mol. The van der Waals surface area contributed by atoms with Gasteiger partial charge in [-0.05, 0) is 37.3 Å². The molecule has 70 valence electrons. The standard InChI is InChI=1S/C11H15NO/c1-2-7-12(6-1)10-5-8-13-11(10)9-3-4-9/h1-2,6-7,9-11H,3-5,8H2. The Morgan fingerprint density at radius 1 is 1.08 bits per heavy atom. The average Bonchev–Trinajstić information content (AvgIpc) is 2.72. The van der Waals surface area contributed by atoms with Crippen molar-refractivity contribution in [1.29, 1.82) is 0 Å². The second-order valence-electron chi connectivity index (χ2n) is 4.16. The summed E-state index contributed by atoms with van der Waals surface area (Å²) in [5.41, 5.74) is 0. The highest BCUT2D eigenvalue weighted by Crippen LogP contribution is 2.43. The lowest BCUT2D eigenvalue weighted by molar-refractivity contribution is 0.0752. The van der Waals surface area contributed by atoms with Crippen molar-refractivity contribution in [3.63, 3.8) is 0 Å². The molecule has 1 aliphatic carbocycles. The van der Waals surface area contributed by atoms with Gasteiger partial charge in [0.1, 0.15) is 0 Å². The van der Waals surface area contributed by atoms with Crippen molar-refractivity contribution in [2.45, 2.75) is 31.4 Å². The Morgan fingerprint density at radius 3 is 2.54 bits per heavy atom. The molecule has 1 aliphatic heterocycles. The van der Waals surface area contributed by atoms with E-state index >= 15 is 0 Å². The van der Waals surface area contributed by atoms with Crippen LogP contribution < -0.4 is 0 Å². The molecule has 3 rings (SSSR count). The molecule has 2 unspecified atom stereocenters. The van der Waals surface area contributed by atoms with E-state index in [0.717, 1.165) is 12.5 Å². The highest BCUT2D eigenvalue weighted by molar-refractivity contribution is 4.99. The average molecular weight is 177 g/mol. The zero-order chi connectivity index (χ0) is 8.67. The van der Waals surface area contributed by atoms with Crippen molar-refractivity contribution in [2.75, 3.05) is 6.61 Å². The molecule has 1 saturated carbocycles. The minimum absolute atomic E-state index is 0.507. The molecule has 2 atom stereocenters. The summed E-state index contributed by atoms with van der Waals surface area (Å²) in [7, 11) is 0. The van der Waals surface area contributed by atoms with E-state index in [-0.39, 0.29) is 0 Å². The van der Waals surface area contributed by atoms with Crippen LogP contribution in [0.2, 0.25) is 0 Å². The lowest BCUT2D eigenvalue weighted by atomic mass is 10.1. The van der Waals surface area contributed by atoms with E-state index in [4.69, 9.17) is 4.74 Å². The molecule has 2 aliphatic rings. The van der Waals surface area contributed by atoms with Gasteiger partial charge in [0.05, 0.1) is 12.1 Å². The summed E-state index contributed by atoms with van der Waals surface area (Å²) < 4.78 is 8.11. The van der Waals surface area contributed by atoms with E-state index in [1.807, 2.05) is 0 Å². The van der Waals surface area contributed by atoms with Gasteiger partial charge in [-0.1, -0.05) is 0 Å². The SMILES string of the molecule is c1ccn(C2CCOC2C2CC2)c1. The molecule has 1 aromatic heterocycles. The highest BCUT2D eigenvalue weighted by atomic mass is 16.5. The fourth-order valence-corrected chi connectivity index (χ4v) is 2.36. The van der Waals surface area contributed by atoms with Gasteiger partial charge >= 0.3 is 0 Å². The van der Waals surface area contributed by atoms with Gasteiger partial charge in [-0.2, -0.15) is 0 Å². The Hall–Kier alpha value is -0.760. The highest BCUT2D eigenvalue weighted by Gasteiger charge is 2.40. The Labute approximate surface area is 78.5 Å². The van der Waals surface area contributed by atoms with Crippen molar-refractivity contribution in [2.24, 2.45) is 5.92 Å². The second kappa shape index (κ2) is 2.88. The molecule has 0 amide bonds. The monoisotopic (exact) mass is 177 g/mol. The van der Waals surface area contributed by atoms with Crippen LogP contribution >= 0.6 is 0 Å². The Bertz CT molecular complexity index is 276. The third-order valence-electron chi connectivity index (χ3n) is 3.20. The first-order valence-electron chi connectivity index (χ1n) is 5.19. The van der Waals surface area contributed by atoms with Gasteiger partial charge < -0.3 is 9.30 Å². The smallest absolute Gasteiger partial charge is 0.0810 e. The summed E-state index contributed by atoms with van der Waals surface area (Å²) in [6, 6.07) is 4.81. The number of nitrogens with zero attached hydrogens (tertiary/aromatic N) is 1. The third kappa shape index (κ3) is 1.29. The van der Waals surface area contributed by atoms with Crippen LogP contribution in [0.25, 0.3) is 0 Å². The van der Waals surface area contributed by atoms with Gasteiger partial charge in [0.2, 0.25) is 0 Å². The Kier molecular flexibility index (Phi) is 1.69. The maximum Gasteiger partial charge on any atom is 0.0810 e. The lowest BCUT2D eigenvalue weighted by Crippen LogP contribution is -2.20. The van der Waals surface area contributed by atoms with Crippen LogP contribution in [-0.2, 0) is 4.74 Å². The number of rotatable bonds is 2. The number of aromatic nitrogens is 1. The molecular formula is C11H15NO. The van der Waals surface area contributed by atoms with Gasteiger partial charge in [-0.15, -0.1) is 0 Å². The number of ether oxygens (including phenoxy) is 1. The third-order valence-corrected chi connectivity index (χ3v) is 3.20. The van der Waals surface area contributed by atoms with E-state index in [9.17, 15) is 0 Å². The Morgan fingerprint density at radius 2 is 1.85 bits per heavy atom. The van der Waals surface area contributed by atoms with Crippen LogP contribution in [0, 0.1) is 5.92 Å². The second-order valence-corrected chi connectivity index (χ2v) is 4.16. The minimum Gasteiger partial charge on any atom is -0.376 e. The van der Waals surface area contributed by atoms with E-state index in [1.54, 1.807) is 0 Å². The molecule has 2 nitrogen and oxygen atoms in total. The van der Waals surface area contributed by atoms with Gasteiger partial charge in [-0.25, -0.2) is 0 Å². The normalized spacial score (nSPS) is 33.8. The maximum atomic E-state index is 5.79. The fraction of sp³-hybridized carbons (Fsp3) is 0.636. The summed E-state index contributed by atoms with van der Waals surface area (Å²) in [5, 5.41) is 0. The molecule has 2 fully saturated rings. The molecule has 0 N–H and O–H groups in total. The molecule has 2 heteroatoms.